The second-order valence-electron chi connectivity index (χ2n) is 2.66. The first-order chi connectivity index (χ1) is 6.07. The molecule has 1 aromatic carbocycles. The summed E-state index contributed by atoms with van der Waals surface area (Å²) in [5.41, 5.74) is 6.22. The van der Waals surface area contributed by atoms with E-state index in [9.17, 15) is 9.90 Å². The fraction of sp³-hybridized carbons (Fsp3) is 0.111. The molecule has 0 heterocycles. The first-order valence-electron chi connectivity index (χ1n) is 3.70. The number of nitrogens with two attached hydrogens (primary N) is 1. The lowest BCUT2D eigenvalue weighted by molar-refractivity contribution is 0.101. The van der Waals surface area contributed by atoms with Crippen LogP contribution in [0.2, 0.25) is 0 Å². The Morgan fingerprint density at radius 3 is 2.62 bits per heavy atom. The van der Waals surface area contributed by atoms with Gasteiger partial charge >= 0.3 is 0 Å². The molecule has 0 aromatic heterocycles. The number of hydrogen-bond acceptors (Lipinski definition) is 4. The minimum absolute atomic E-state index is 0.106. The molecule has 0 bridgehead atoms. The molecule has 0 saturated heterocycles. The lowest BCUT2D eigenvalue weighted by atomic mass is 10.0. The molecule has 1 aromatic rings. The van der Waals surface area contributed by atoms with Crippen LogP contribution in [-0.2, 0) is 0 Å². The number of phenols is 1. The fourth-order valence-electron chi connectivity index (χ4n) is 1.15. The van der Waals surface area contributed by atoms with Gasteiger partial charge in [-0.3, -0.25) is 4.79 Å². The van der Waals surface area contributed by atoms with E-state index in [-0.39, 0.29) is 22.7 Å². The van der Waals surface area contributed by atoms with Crippen molar-refractivity contribution in [2.75, 3.05) is 5.73 Å². The van der Waals surface area contributed by atoms with Gasteiger partial charge in [0.25, 0.3) is 0 Å². The maximum absolute atomic E-state index is 11.1. The predicted molar refractivity (Wildman–Crippen MR) is 50.4 cm³/mol. The van der Waals surface area contributed by atoms with Gasteiger partial charge in [-0.2, -0.15) is 0 Å². The molecule has 0 saturated carbocycles. The summed E-state index contributed by atoms with van der Waals surface area (Å²) in [5.74, 6) is -0.441. The van der Waals surface area contributed by atoms with Crippen molar-refractivity contribution < 1.29 is 9.90 Å². The van der Waals surface area contributed by atoms with Gasteiger partial charge in [0.2, 0.25) is 0 Å². The molecular weight excluding hydrogens is 168 g/mol. The van der Waals surface area contributed by atoms with Crippen LogP contribution in [0.1, 0.15) is 22.8 Å². The fourth-order valence-corrected chi connectivity index (χ4v) is 1.15. The summed E-state index contributed by atoms with van der Waals surface area (Å²) in [4.78, 5) is 11.1. The number of hydrogen-bond donors (Lipinski definition) is 3. The number of anilines is 1. The predicted octanol–water partition coefficient (Wildman–Crippen LogP) is 1.17. The number of carbonyl (C=O) groups excluding carboxylic acids is 1. The van der Waals surface area contributed by atoms with Crippen LogP contribution in [-0.4, -0.2) is 17.1 Å². The second-order valence-corrected chi connectivity index (χ2v) is 2.66. The Morgan fingerprint density at radius 1 is 1.62 bits per heavy atom. The van der Waals surface area contributed by atoms with Crippen molar-refractivity contribution in [1.29, 1.82) is 5.41 Å². The van der Waals surface area contributed by atoms with Crippen LogP contribution in [0.3, 0.4) is 0 Å². The summed E-state index contributed by atoms with van der Waals surface area (Å²) in [5, 5.41) is 16.4. The minimum Gasteiger partial charge on any atom is -0.507 e. The Morgan fingerprint density at radius 2 is 2.23 bits per heavy atom. The van der Waals surface area contributed by atoms with Gasteiger partial charge in [-0.05, 0) is 19.1 Å². The van der Waals surface area contributed by atoms with Crippen molar-refractivity contribution in [3.8, 4) is 5.75 Å². The number of aromatic hydroxyl groups is 1. The molecule has 0 unspecified atom stereocenters. The van der Waals surface area contributed by atoms with Crippen LogP contribution in [0.15, 0.2) is 12.1 Å². The van der Waals surface area contributed by atoms with E-state index in [0.717, 1.165) is 6.21 Å². The van der Waals surface area contributed by atoms with Gasteiger partial charge in [0.1, 0.15) is 5.75 Å². The Labute approximate surface area is 75.5 Å². The zero-order chi connectivity index (χ0) is 10.0. The summed E-state index contributed by atoms with van der Waals surface area (Å²) < 4.78 is 0. The van der Waals surface area contributed by atoms with E-state index in [1.165, 1.54) is 19.1 Å². The standard InChI is InChI=1S/C9H10N2O2/c1-5(12)9-6(4-10)7(11)2-3-8(9)13/h2-4,10,13H,11H2,1H3. The van der Waals surface area contributed by atoms with Gasteiger partial charge in [0, 0.05) is 17.5 Å². The van der Waals surface area contributed by atoms with E-state index in [0.29, 0.717) is 5.69 Å². The topological polar surface area (TPSA) is 87.2 Å². The van der Waals surface area contributed by atoms with Crippen molar-refractivity contribution in [2.24, 2.45) is 0 Å². The highest BCUT2D eigenvalue weighted by Gasteiger charge is 2.13. The summed E-state index contributed by atoms with van der Waals surface area (Å²) in [6, 6.07) is 2.81. The van der Waals surface area contributed by atoms with E-state index in [4.69, 9.17) is 11.1 Å². The molecule has 0 fully saturated rings. The van der Waals surface area contributed by atoms with Gasteiger partial charge in [-0.1, -0.05) is 0 Å². The summed E-state index contributed by atoms with van der Waals surface area (Å²) in [7, 11) is 0. The van der Waals surface area contributed by atoms with E-state index < -0.39 is 0 Å². The molecular formula is C9H10N2O2. The summed E-state index contributed by atoms with van der Waals surface area (Å²) >= 11 is 0. The molecule has 0 aliphatic carbocycles. The van der Waals surface area contributed by atoms with E-state index in [2.05, 4.69) is 0 Å². The van der Waals surface area contributed by atoms with E-state index in [1.807, 2.05) is 0 Å². The van der Waals surface area contributed by atoms with Crippen molar-refractivity contribution >= 4 is 17.7 Å². The van der Waals surface area contributed by atoms with Crippen LogP contribution in [0.5, 0.6) is 5.75 Å². The second kappa shape index (κ2) is 3.26. The zero-order valence-corrected chi connectivity index (χ0v) is 7.16. The Kier molecular flexibility index (Phi) is 2.32. The van der Waals surface area contributed by atoms with Crippen LogP contribution < -0.4 is 5.73 Å². The highest BCUT2D eigenvalue weighted by atomic mass is 16.3. The lowest BCUT2D eigenvalue weighted by Gasteiger charge is -2.06. The van der Waals surface area contributed by atoms with Gasteiger partial charge in [-0.25, -0.2) is 0 Å². The van der Waals surface area contributed by atoms with Crippen LogP contribution in [0.25, 0.3) is 0 Å². The highest BCUT2D eigenvalue weighted by Crippen LogP contribution is 2.25. The van der Waals surface area contributed by atoms with Crippen LogP contribution >= 0.6 is 0 Å². The molecule has 0 spiro atoms. The molecule has 0 amide bonds. The van der Waals surface area contributed by atoms with Crippen molar-refractivity contribution in [2.45, 2.75) is 6.92 Å². The van der Waals surface area contributed by atoms with Crippen molar-refractivity contribution in [3.63, 3.8) is 0 Å². The third kappa shape index (κ3) is 1.51. The van der Waals surface area contributed by atoms with E-state index >= 15 is 0 Å². The molecule has 1 rings (SSSR count). The van der Waals surface area contributed by atoms with Crippen molar-refractivity contribution in [3.05, 3.63) is 23.3 Å². The number of Topliss-reactive ketones (excluding diaryl/α,β-unsaturated/α-hetero) is 1. The monoisotopic (exact) mass is 178 g/mol. The zero-order valence-electron chi connectivity index (χ0n) is 7.16. The Hall–Kier alpha value is -1.84. The average molecular weight is 178 g/mol. The number of rotatable bonds is 2. The first kappa shape index (κ1) is 9.25. The van der Waals surface area contributed by atoms with Crippen LogP contribution in [0.4, 0.5) is 5.69 Å². The number of benzene rings is 1. The maximum atomic E-state index is 11.1. The van der Waals surface area contributed by atoms with E-state index in [1.54, 1.807) is 0 Å². The number of ketones is 1. The third-order valence-electron chi connectivity index (χ3n) is 1.75. The van der Waals surface area contributed by atoms with Gasteiger partial charge < -0.3 is 16.2 Å². The van der Waals surface area contributed by atoms with Gasteiger partial charge in [0.05, 0.1) is 5.56 Å². The van der Waals surface area contributed by atoms with Crippen molar-refractivity contribution in [1.82, 2.24) is 0 Å². The van der Waals surface area contributed by atoms with Crippen LogP contribution in [0, 0.1) is 5.41 Å². The Bertz CT molecular complexity index is 372. The first-order valence-corrected chi connectivity index (χ1v) is 3.70. The quantitative estimate of drug-likeness (QED) is 0.275. The molecule has 0 aliphatic heterocycles. The largest absolute Gasteiger partial charge is 0.507 e. The molecule has 68 valence electrons. The molecule has 0 aliphatic rings. The summed E-state index contributed by atoms with van der Waals surface area (Å²) in [6.45, 7) is 1.32. The number of nitrogens with one attached hydrogen (secondary N) is 1. The number of carbonyl (C=O) groups is 1. The van der Waals surface area contributed by atoms with Gasteiger partial charge in [-0.15, -0.1) is 0 Å². The number of nitrogen functional groups attached to an aromatic ring is 1. The normalized spacial score (nSPS) is 9.62. The Balaban J connectivity index is 3.52. The number of phenolic OH excluding ortho intramolecular Hbond substituents is 1. The smallest absolute Gasteiger partial charge is 0.164 e. The SMILES string of the molecule is CC(=O)c1c(O)ccc(N)c1C=N. The molecule has 4 heteroatoms. The third-order valence-corrected chi connectivity index (χ3v) is 1.75. The molecule has 0 radical (unpaired) electrons. The lowest BCUT2D eigenvalue weighted by Crippen LogP contribution is -2.03. The average Bonchev–Trinajstić information content (AvgIpc) is 2.07. The molecule has 13 heavy (non-hydrogen) atoms. The van der Waals surface area contributed by atoms with Gasteiger partial charge in [0.15, 0.2) is 5.78 Å². The maximum Gasteiger partial charge on any atom is 0.164 e. The molecule has 4 N–H and O–H groups in total. The molecule has 4 nitrogen and oxygen atoms in total. The summed E-state index contributed by atoms with van der Waals surface area (Å²) in [6.07, 6.45) is 0.964. The molecule has 0 atom stereocenters. The highest BCUT2D eigenvalue weighted by molar-refractivity contribution is 6.06. The minimum atomic E-state index is -0.302.